The van der Waals surface area contributed by atoms with Crippen LogP contribution >= 0.6 is 11.6 Å². The number of halogens is 4. The van der Waals surface area contributed by atoms with Gasteiger partial charge in [0.25, 0.3) is 0 Å². The number of carbonyl (C=O) groups excluding carboxylic acids is 2. The maximum Gasteiger partial charge on any atom is 0.416 e. The molecule has 0 aromatic heterocycles. The number of amides is 2. The van der Waals surface area contributed by atoms with Crippen molar-refractivity contribution >= 4 is 39.1 Å². The standard InChI is InChI=1S/C22H23ClF3N3O4S/c1-34(32,33)29(19-11-17(22(24,25)26)7-8-18(19)23)14-20(30)27-12-15-4-2-5-16(10-15)13-28-9-3-6-21(28)31/h2,4-5,7-8,10-11H,3,6,9,12-14H2,1H3,(H,27,30). The fourth-order valence-corrected chi connectivity index (χ4v) is 4.71. The highest BCUT2D eigenvalue weighted by Crippen LogP contribution is 2.36. The Hall–Kier alpha value is -2.79. The van der Waals surface area contributed by atoms with Crippen molar-refractivity contribution in [3.05, 3.63) is 64.2 Å². The molecule has 1 heterocycles. The van der Waals surface area contributed by atoms with Crippen molar-refractivity contribution in [1.82, 2.24) is 10.2 Å². The lowest BCUT2D eigenvalue weighted by Gasteiger charge is -2.24. The molecule has 3 rings (SSSR count). The molecule has 34 heavy (non-hydrogen) atoms. The van der Waals surface area contributed by atoms with Crippen LogP contribution in [-0.2, 0) is 38.9 Å². The van der Waals surface area contributed by atoms with Crippen LogP contribution in [0.25, 0.3) is 0 Å². The zero-order valence-corrected chi connectivity index (χ0v) is 19.8. The molecule has 1 aliphatic rings. The number of anilines is 1. The summed E-state index contributed by atoms with van der Waals surface area (Å²) in [4.78, 5) is 26.1. The predicted octanol–water partition coefficient (Wildman–Crippen LogP) is 3.56. The Labute approximate surface area is 200 Å². The maximum atomic E-state index is 13.1. The molecule has 0 unspecified atom stereocenters. The van der Waals surface area contributed by atoms with Crippen LogP contribution in [0.4, 0.5) is 18.9 Å². The summed E-state index contributed by atoms with van der Waals surface area (Å²) < 4.78 is 64.4. The van der Waals surface area contributed by atoms with Gasteiger partial charge in [-0.1, -0.05) is 35.9 Å². The van der Waals surface area contributed by atoms with Gasteiger partial charge >= 0.3 is 6.18 Å². The van der Waals surface area contributed by atoms with Gasteiger partial charge in [-0.05, 0) is 35.7 Å². The number of rotatable bonds is 8. The molecule has 1 saturated heterocycles. The predicted molar refractivity (Wildman–Crippen MR) is 122 cm³/mol. The smallest absolute Gasteiger partial charge is 0.350 e. The van der Waals surface area contributed by atoms with Gasteiger partial charge in [0.05, 0.1) is 22.5 Å². The topological polar surface area (TPSA) is 86.8 Å². The molecule has 1 fully saturated rings. The first kappa shape index (κ1) is 25.8. The Kier molecular flexibility index (Phi) is 7.77. The highest BCUT2D eigenvalue weighted by molar-refractivity contribution is 7.92. The Morgan fingerprint density at radius 1 is 1.18 bits per heavy atom. The Morgan fingerprint density at radius 2 is 1.88 bits per heavy atom. The lowest BCUT2D eigenvalue weighted by molar-refractivity contribution is -0.137. The molecule has 184 valence electrons. The van der Waals surface area contributed by atoms with E-state index in [4.69, 9.17) is 11.6 Å². The van der Waals surface area contributed by atoms with Crippen molar-refractivity contribution in [2.75, 3.05) is 23.7 Å². The van der Waals surface area contributed by atoms with Gasteiger partial charge in [-0.25, -0.2) is 8.42 Å². The molecule has 0 radical (unpaired) electrons. The molecular weight excluding hydrogens is 495 g/mol. The fourth-order valence-electron chi connectivity index (χ4n) is 3.58. The number of nitrogens with zero attached hydrogens (tertiary/aromatic N) is 2. The van der Waals surface area contributed by atoms with Gasteiger partial charge in [0.2, 0.25) is 21.8 Å². The highest BCUT2D eigenvalue weighted by atomic mass is 35.5. The highest BCUT2D eigenvalue weighted by Gasteiger charge is 2.33. The zero-order chi connectivity index (χ0) is 25.1. The van der Waals surface area contributed by atoms with E-state index in [1.165, 1.54) is 0 Å². The van der Waals surface area contributed by atoms with Crippen molar-refractivity contribution < 1.29 is 31.2 Å². The van der Waals surface area contributed by atoms with Crippen LogP contribution in [-0.4, -0.2) is 44.5 Å². The first-order valence-electron chi connectivity index (χ1n) is 10.3. The molecule has 1 N–H and O–H groups in total. The molecular formula is C22H23ClF3N3O4S. The van der Waals surface area contributed by atoms with Crippen molar-refractivity contribution in [3.8, 4) is 0 Å². The van der Waals surface area contributed by atoms with E-state index in [0.29, 0.717) is 29.9 Å². The second-order valence-corrected chi connectivity index (χ2v) is 10.3. The number of hydrogen-bond acceptors (Lipinski definition) is 4. The van der Waals surface area contributed by atoms with Gasteiger partial charge in [0.1, 0.15) is 6.54 Å². The van der Waals surface area contributed by atoms with E-state index in [2.05, 4.69) is 5.32 Å². The molecule has 0 atom stereocenters. The third kappa shape index (κ3) is 6.63. The van der Waals surface area contributed by atoms with Crippen LogP contribution in [0.15, 0.2) is 42.5 Å². The van der Waals surface area contributed by atoms with Gasteiger partial charge < -0.3 is 10.2 Å². The Balaban J connectivity index is 1.70. The van der Waals surface area contributed by atoms with Crippen molar-refractivity contribution in [1.29, 1.82) is 0 Å². The second-order valence-electron chi connectivity index (χ2n) is 7.95. The number of sulfonamides is 1. The summed E-state index contributed by atoms with van der Waals surface area (Å²) in [6.07, 6.45) is -2.58. The third-order valence-electron chi connectivity index (χ3n) is 5.26. The third-order valence-corrected chi connectivity index (χ3v) is 6.70. The number of nitrogens with one attached hydrogen (secondary N) is 1. The summed E-state index contributed by atoms with van der Waals surface area (Å²) in [6.45, 7) is 0.464. The van der Waals surface area contributed by atoms with Gasteiger partial charge in [0, 0.05) is 26.1 Å². The molecule has 1 aliphatic heterocycles. The number of carbonyl (C=O) groups is 2. The summed E-state index contributed by atoms with van der Waals surface area (Å²) in [5.41, 5.74) is 0.0803. The van der Waals surface area contributed by atoms with Gasteiger partial charge in [-0.2, -0.15) is 13.2 Å². The largest absolute Gasteiger partial charge is 0.416 e. The van der Waals surface area contributed by atoms with E-state index in [1.807, 2.05) is 12.1 Å². The quantitative estimate of drug-likeness (QED) is 0.580. The van der Waals surface area contributed by atoms with Crippen LogP contribution < -0.4 is 9.62 Å². The van der Waals surface area contributed by atoms with Crippen molar-refractivity contribution in [2.24, 2.45) is 0 Å². The first-order valence-corrected chi connectivity index (χ1v) is 12.5. The minimum Gasteiger partial charge on any atom is -0.350 e. The number of hydrogen-bond donors (Lipinski definition) is 1. The van der Waals surface area contributed by atoms with E-state index in [0.717, 1.165) is 35.9 Å². The molecule has 12 heteroatoms. The molecule has 0 aliphatic carbocycles. The zero-order valence-electron chi connectivity index (χ0n) is 18.2. The fraction of sp³-hybridized carbons (Fsp3) is 0.364. The lowest BCUT2D eigenvalue weighted by atomic mass is 10.1. The minimum atomic E-state index is -4.71. The molecule has 2 amide bonds. The van der Waals surface area contributed by atoms with Gasteiger partial charge in [-0.3, -0.25) is 13.9 Å². The Bertz CT molecular complexity index is 1190. The molecule has 0 bridgehead atoms. The molecule has 7 nitrogen and oxygen atoms in total. The molecule has 0 spiro atoms. The monoisotopic (exact) mass is 517 g/mol. The average molecular weight is 518 g/mol. The summed E-state index contributed by atoms with van der Waals surface area (Å²) >= 11 is 5.97. The first-order chi connectivity index (χ1) is 15.8. The number of benzene rings is 2. The van der Waals surface area contributed by atoms with Crippen LogP contribution in [0.3, 0.4) is 0 Å². The summed E-state index contributed by atoms with van der Waals surface area (Å²) in [5.74, 6) is -0.633. The van der Waals surface area contributed by atoms with Crippen LogP contribution in [0.2, 0.25) is 5.02 Å². The second kappa shape index (κ2) is 10.2. The van der Waals surface area contributed by atoms with E-state index in [9.17, 15) is 31.2 Å². The summed E-state index contributed by atoms with van der Waals surface area (Å²) in [7, 11) is -4.12. The lowest BCUT2D eigenvalue weighted by Crippen LogP contribution is -2.40. The number of alkyl halides is 3. The van der Waals surface area contributed by atoms with Gasteiger partial charge in [-0.15, -0.1) is 0 Å². The van der Waals surface area contributed by atoms with Crippen molar-refractivity contribution in [2.45, 2.75) is 32.1 Å². The van der Waals surface area contributed by atoms with Crippen LogP contribution in [0, 0.1) is 0 Å². The summed E-state index contributed by atoms with van der Waals surface area (Å²) in [6, 6.07) is 9.49. The Morgan fingerprint density at radius 3 is 2.50 bits per heavy atom. The normalized spacial score (nSPS) is 14.4. The number of likely N-dealkylation sites (tertiary alicyclic amines) is 1. The SMILES string of the molecule is CS(=O)(=O)N(CC(=O)NCc1cccc(CN2CCCC2=O)c1)c1cc(C(F)(F)F)ccc1Cl. The van der Waals surface area contributed by atoms with Crippen molar-refractivity contribution in [3.63, 3.8) is 0 Å². The maximum absolute atomic E-state index is 13.1. The molecule has 2 aromatic rings. The van der Waals surface area contributed by atoms with Gasteiger partial charge in [0.15, 0.2) is 0 Å². The molecule has 0 saturated carbocycles. The van der Waals surface area contributed by atoms with Crippen LogP contribution in [0.5, 0.6) is 0 Å². The van der Waals surface area contributed by atoms with E-state index in [-0.39, 0.29) is 17.5 Å². The van der Waals surface area contributed by atoms with Crippen LogP contribution in [0.1, 0.15) is 29.5 Å². The average Bonchev–Trinajstić information content (AvgIpc) is 3.14. The molecule has 2 aromatic carbocycles. The minimum absolute atomic E-state index is 0.0640. The van der Waals surface area contributed by atoms with E-state index in [1.54, 1.807) is 17.0 Å². The van der Waals surface area contributed by atoms with E-state index < -0.39 is 39.9 Å². The summed E-state index contributed by atoms with van der Waals surface area (Å²) in [5, 5.41) is 2.33. The van der Waals surface area contributed by atoms with E-state index >= 15 is 0 Å².